The Morgan fingerprint density at radius 2 is 2.07 bits per heavy atom. The Bertz CT molecular complexity index is 1260. The third-order valence-corrected chi connectivity index (χ3v) is 6.28. The van der Waals surface area contributed by atoms with E-state index >= 15 is 0 Å². The van der Waals surface area contributed by atoms with Crippen LogP contribution >= 0.6 is 22.9 Å². The van der Waals surface area contributed by atoms with Crippen LogP contribution in [-0.2, 0) is 24.3 Å². The standard InChI is InChI=1S/C21H22ClN5O2S/c1-2-3-11-26-20(29)19-16(10-12-30-19)27-17(24-25-21(26)27)8-9-18(28)23-13-14-6-4-5-7-15(14)22/h4-7,10,12H,2-3,8-9,11,13H2,1H3,(H,23,28). The van der Waals surface area contributed by atoms with Crippen LogP contribution in [-0.4, -0.2) is 25.1 Å². The van der Waals surface area contributed by atoms with Gasteiger partial charge in [-0.15, -0.1) is 21.5 Å². The Hall–Kier alpha value is -2.71. The van der Waals surface area contributed by atoms with E-state index in [0.29, 0.717) is 40.8 Å². The summed E-state index contributed by atoms with van der Waals surface area (Å²) in [5.74, 6) is 1.12. The van der Waals surface area contributed by atoms with Crippen LogP contribution in [0.15, 0.2) is 40.5 Å². The summed E-state index contributed by atoms with van der Waals surface area (Å²) in [5.41, 5.74) is 1.64. The quantitative estimate of drug-likeness (QED) is 0.449. The zero-order chi connectivity index (χ0) is 21.1. The molecule has 0 aliphatic carbocycles. The van der Waals surface area contributed by atoms with Crippen molar-refractivity contribution in [1.29, 1.82) is 0 Å². The fraction of sp³-hybridized carbons (Fsp3) is 0.333. The molecular formula is C21H22ClN5O2S. The lowest BCUT2D eigenvalue weighted by atomic mass is 10.2. The van der Waals surface area contributed by atoms with Gasteiger partial charge < -0.3 is 5.32 Å². The first-order chi connectivity index (χ1) is 14.6. The molecule has 1 amide bonds. The van der Waals surface area contributed by atoms with Crippen LogP contribution in [0.4, 0.5) is 0 Å². The molecule has 3 aromatic heterocycles. The number of fused-ring (bicyclic) bond motifs is 3. The Morgan fingerprint density at radius 1 is 1.23 bits per heavy atom. The molecule has 0 fully saturated rings. The first kappa shape index (κ1) is 20.6. The average molecular weight is 444 g/mol. The molecule has 156 valence electrons. The van der Waals surface area contributed by atoms with E-state index < -0.39 is 0 Å². The van der Waals surface area contributed by atoms with Crippen LogP contribution in [0.25, 0.3) is 16.0 Å². The predicted octanol–water partition coefficient (Wildman–Crippen LogP) is 3.81. The maximum Gasteiger partial charge on any atom is 0.272 e. The molecule has 0 saturated heterocycles. The number of nitrogens with one attached hydrogen (secondary N) is 1. The van der Waals surface area contributed by atoms with Crippen molar-refractivity contribution >= 4 is 44.8 Å². The minimum Gasteiger partial charge on any atom is -0.352 e. The van der Waals surface area contributed by atoms with Crippen LogP contribution in [0.1, 0.15) is 37.6 Å². The molecule has 0 radical (unpaired) electrons. The lowest BCUT2D eigenvalue weighted by Crippen LogP contribution is -2.24. The summed E-state index contributed by atoms with van der Waals surface area (Å²) in [4.78, 5) is 25.2. The van der Waals surface area contributed by atoms with Gasteiger partial charge in [-0.2, -0.15) is 0 Å². The van der Waals surface area contributed by atoms with Gasteiger partial charge in [0.05, 0.1) is 5.52 Å². The van der Waals surface area contributed by atoms with Gasteiger partial charge in [-0.25, -0.2) is 0 Å². The number of carbonyl (C=O) groups excluding carboxylic acids is 1. The second kappa shape index (κ2) is 8.97. The largest absolute Gasteiger partial charge is 0.352 e. The first-order valence-corrected chi connectivity index (χ1v) is 11.2. The molecule has 4 aromatic rings. The van der Waals surface area contributed by atoms with E-state index in [4.69, 9.17) is 11.6 Å². The molecule has 30 heavy (non-hydrogen) atoms. The molecule has 0 saturated carbocycles. The first-order valence-electron chi connectivity index (χ1n) is 9.94. The van der Waals surface area contributed by atoms with Crippen LogP contribution in [0.3, 0.4) is 0 Å². The van der Waals surface area contributed by atoms with Gasteiger partial charge in [-0.3, -0.25) is 18.6 Å². The Balaban J connectivity index is 1.55. The fourth-order valence-electron chi connectivity index (χ4n) is 3.41. The van der Waals surface area contributed by atoms with Gasteiger partial charge >= 0.3 is 0 Å². The molecule has 0 atom stereocenters. The van der Waals surface area contributed by atoms with Gasteiger partial charge in [0.15, 0.2) is 0 Å². The maximum atomic E-state index is 12.8. The molecule has 3 heterocycles. The molecule has 0 aliphatic heterocycles. The van der Waals surface area contributed by atoms with Crippen molar-refractivity contribution < 1.29 is 4.79 Å². The summed E-state index contributed by atoms with van der Waals surface area (Å²) in [6.45, 7) is 3.07. The van der Waals surface area contributed by atoms with Gasteiger partial charge in [-0.05, 0) is 29.5 Å². The molecule has 0 unspecified atom stereocenters. The van der Waals surface area contributed by atoms with E-state index in [1.807, 2.05) is 34.0 Å². The summed E-state index contributed by atoms with van der Waals surface area (Å²) >= 11 is 7.56. The summed E-state index contributed by atoms with van der Waals surface area (Å²) in [6, 6.07) is 9.34. The number of thiophene rings is 1. The second-order valence-corrected chi connectivity index (χ2v) is 8.39. The number of rotatable bonds is 8. The zero-order valence-electron chi connectivity index (χ0n) is 16.6. The van der Waals surface area contributed by atoms with Gasteiger partial charge in [0.1, 0.15) is 10.5 Å². The van der Waals surface area contributed by atoms with E-state index in [2.05, 4.69) is 22.4 Å². The van der Waals surface area contributed by atoms with Crippen molar-refractivity contribution in [1.82, 2.24) is 24.5 Å². The molecule has 1 N–H and O–H groups in total. The minimum absolute atomic E-state index is 0.0302. The van der Waals surface area contributed by atoms with E-state index in [1.165, 1.54) is 11.3 Å². The highest BCUT2D eigenvalue weighted by molar-refractivity contribution is 7.17. The number of unbranched alkanes of at least 4 members (excludes halogenated alkanes) is 1. The molecule has 7 nitrogen and oxygen atoms in total. The van der Waals surface area contributed by atoms with E-state index in [0.717, 1.165) is 23.9 Å². The Kier molecular flexibility index (Phi) is 6.15. The van der Waals surface area contributed by atoms with Crippen molar-refractivity contribution in [3.8, 4) is 0 Å². The fourth-order valence-corrected chi connectivity index (χ4v) is 4.44. The van der Waals surface area contributed by atoms with Gasteiger partial charge in [-0.1, -0.05) is 43.1 Å². The van der Waals surface area contributed by atoms with Crippen LogP contribution < -0.4 is 10.9 Å². The van der Waals surface area contributed by atoms with Gasteiger partial charge in [0.2, 0.25) is 11.7 Å². The van der Waals surface area contributed by atoms with Gasteiger partial charge in [0, 0.05) is 31.0 Å². The molecule has 0 aliphatic rings. The predicted molar refractivity (Wildman–Crippen MR) is 119 cm³/mol. The number of nitrogens with zero attached hydrogens (tertiary/aromatic N) is 4. The molecule has 4 rings (SSSR count). The molecule has 0 bridgehead atoms. The third-order valence-electron chi connectivity index (χ3n) is 5.02. The van der Waals surface area contributed by atoms with Gasteiger partial charge in [0.25, 0.3) is 5.56 Å². The third kappa shape index (κ3) is 3.97. The normalized spacial score (nSPS) is 11.4. The SMILES string of the molecule is CCCCn1c(=O)c2sccc2n2c(CCC(=O)NCc3ccccc3Cl)nnc12. The number of benzene rings is 1. The maximum absolute atomic E-state index is 12.8. The average Bonchev–Trinajstić information content (AvgIpc) is 3.39. The highest BCUT2D eigenvalue weighted by atomic mass is 35.5. The van der Waals surface area contributed by atoms with E-state index in [-0.39, 0.29) is 17.9 Å². The summed E-state index contributed by atoms with van der Waals surface area (Å²) in [6.07, 6.45) is 2.56. The lowest BCUT2D eigenvalue weighted by molar-refractivity contribution is -0.121. The summed E-state index contributed by atoms with van der Waals surface area (Å²) < 4.78 is 4.28. The summed E-state index contributed by atoms with van der Waals surface area (Å²) in [7, 11) is 0. The number of aryl methyl sites for hydroxylation is 2. The van der Waals surface area contributed by atoms with E-state index in [9.17, 15) is 9.59 Å². The van der Waals surface area contributed by atoms with Crippen LogP contribution in [0.5, 0.6) is 0 Å². The smallest absolute Gasteiger partial charge is 0.272 e. The van der Waals surface area contributed by atoms with Crippen molar-refractivity contribution in [2.24, 2.45) is 0 Å². The minimum atomic E-state index is -0.0902. The Labute approximate surface area is 182 Å². The topological polar surface area (TPSA) is 81.3 Å². The van der Waals surface area contributed by atoms with Crippen molar-refractivity contribution in [3.63, 3.8) is 0 Å². The number of carbonyl (C=O) groups is 1. The van der Waals surface area contributed by atoms with Crippen LogP contribution in [0, 0.1) is 0 Å². The second-order valence-electron chi connectivity index (χ2n) is 7.07. The zero-order valence-corrected chi connectivity index (χ0v) is 18.2. The van der Waals surface area contributed by atoms with Crippen LogP contribution in [0.2, 0.25) is 5.02 Å². The number of halogens is 1. The van der Waals surface area contributed by atoms with E-state index in [1.54, 1.807) is 10.6 Å². The monoisotopic (exact) mass is 443 g/mol. The van der Waals surface area contributed by atoms with Crippen molar-refractivity contribution in [2.75, 3.05) is 0 Å². The summed E-state index contributed by atoms with van der Waals surface area (Å²) in [5, 5.41) is 14.0. The molecule has 0 spiro atoms. The molecule has 1 aromatic carbocycles. The highest BCUT2D eigenvalue weighted by Crippen LogP contribution is 2.20. The van der Waals surface area contributed by atoms with Crippen molar-refractivity contribution in [2.45, 2.75) is 45.7 Å². The number of hydrogen-bond acceptors (Lipinski definition) is 5. The molecular weight excluding hydrogens is 422 g/mol. The molecule has 9 heteroatoms. The van der Waals surface area contributed by atoms with Crippen molar-refractivity contribution in [3.05, 3.63) is 62.5 Å². The highest BCUT2D eigenvalue weighted by Gasteiger charge is 2.17. The number of hydrogen-bond donors (Lipinski definition) is 1. The lowest BCUT2D eigenvalue weighted by Gasteiger charge is -2.09. The Morgan fingerprint density at radius 3 is 2.87 bits per heavy atom. The number of aromatic nitrogens is 4. The number of amides is 1.